The van der Waals surface area contributed by atoms with Crippen molar-refractivity contribution in [1.82, 2.24) is 9.88 Å². The van der Waals surface area contributed by atoms with Crippen LogP contribution in [-0.4, -0.2) is 54.9 Å². The standard InChI is InChI=1S/C36H31F3N4O7/c1-4-43(35(47)22-11-14-32(40-20-22)36(37,38)39)16-15-21-9-12-23(13-10-21)41-33(45)25-17-29(48-2)30(49-3)18-26(25)42-34(46)31-19-27(44)24-7-5-6-8-28(24)50-31/h5-14,17-20H,4,15-16H2,1-3H3,(H,41,45)(H,42,46). The van der Waals surface area contributed by atoms with E-state index in [-0.39, 0.29) is 46.2 Å². The predicted molar refractivity (Wildman–Crippen MR) is 179 cm³/mol. The lowest BCUT2D eigenvalue weighted by Gasteiger charge is -2.21. The summed E-state index contributed by atoms with van der Waals surface area (Å²) in [5.74, 6) is -1.61. The number of pyridine rings is 1. The molecule has 3 amide bonds. The Morgan fingerprint density at radius 1 is 0.880 bits per heavy atom. The summed E-state index contributed by atoms with van der Waals surface area (Å²) in [7, 11) is 2.79. The Bertz CT molecular complexity index is 2100. The van der Waals surface area contributed by atoms with Crippen LogP contribution in [0.15, 0.2) is 94.3 Å². The monoisotopic (exact) mass is 688 g/mol. The van der Waals surface area contributed by atoms with Crippen molar-refractivity contribution >= 4 is 40.1 Å². The van der Waals surface area contributed by atoms with E-state index in [0.29, 0.717) is 24.0 Å². The molecule has 0 spiro atoms. The highest BCUT2D eigenvalue weighted by Gasteiger charge is 2.32. The maximum absolute atomic E-state index is 13.5. The Kier molecular flexibility index (Phi) is 10.5. The van der Waals surface area contributed by atoms with Crippen LogP contribution in [0.4, 0.5) is 24.5 Å². The minimum atomic E-state index is -4.60. The summed E-state index contributed by atoms with van der Waals surface area (Å²) in [6.07, 6.45) is -3.25. The van der Waals surface area contributed by atoms with Gasteiger partial charge in [0, 0.05) is 37.1 Å². The van der Waals surface area contributed by atoms with Gasteiger partial charge in [0.25, 0.3) is 17.7 Å². The molecule has 5 rings (SSSR count). The van der Waals surface area contributed by atoms with Crippen molar-refractivity contribution in [2.45, 2.75) is 19.5 Å². The number of likely N-dealkylation sites (N-methyl/N-ethyl adjacent to an activating group) is 1. The fraction of sp³-hybridized carbons (Fsp3) is 0.194. The molecule has 5 aromatic rings. The Labute approximate surface area is 283 Å². The van der Waals surface area contributed by atoms with Crippen molar-refractivity contribution in [3.63, 3.8) is 0 Å². The third-order valence-electron chi connectivity index (χ3n) is 7.73. The molecule has 0 saturated heterocycles. The summed E-state index contributed by atoms with van der Waals surface area (Å²) < 4.78 is 54.9. The maximum atomic E-state index is 13.5. The molecule has 0 aliphatic heterocycles. The average Bonchev–Trinajstić information content (AvgIpc) is 3.11. The van der Waals surface area contributed by atoms with Crippen LogP contribution in [0.3, 0.4) is 0 Å². The zero-order valence-corrected chi connectivity index (χ0v) is 27.1. The first-order valence-electron chi connectivity index (χ1n) is 15.2. The molecule has 0 bridgehead atoms. The van der Waals surface area contributed by atoms with Gasteiger partial charge in [0.2, 0.25) is 0 Å². The van der Waals surface area contributed by atoms with Gasteiger partial charge in [-0.2, -0.15) is 13.2 Å². The van der Waals surface area contributed by atoms with Crippen molar-refractivity contribution < 1.29 is 41.4 Å². The number of fused-ring (bicyclic) bond motifs is 1. The molecular weight excluding hydrogens is 657 g/mol. The van der Waals surface area contributed by atoms with E-state index >= 15 is 0 Å². The fourth-order valence-corrected chi connectivity index (χ4v) is 5.06. The molecule has 2 heterocycles. The van der Waals surface area contributed by atoms with Gasteiger partial charge in [0.1, 0.15) is 11.3 Å². The van der Waals surface area contributed by atoms with Crippen LogP contribution < -0.4 is 25.5 Å². The first kappa shape index (κ1) is 35.1. The number of rotatable bonds is 11. The van der Waals surface area contributed by atoms with Crippen LogP contribution >= 0.6 is 0 Å². The Balaban J connectivity index is 1.29. The van der Waals surface area contributed by atoms with E-state index in [1.165, 1.54) is 31.3 Å². The zero-order chi connectivity index (χ0) is 36.0. The number of benzene rings is 3. The van der Waals surface area contributed by atoms with Gasteiger partial charge in [0.15, 0.2) is 22.7 Å². The molecule has 0 radical (unpaired) electrons. The second-order valence-corrected chi connectivity index (χ2v) is 10.9. The number of alkyl halides is 3. The van der Waals surface area contributed by atoms with Crippen LogP contribution in [0.25, 0.3) is 11.0 Å². The van der Waals surface area contributed by atoms with Crippen molar-refractivity contribution in [3.05, 3.63) is 123 Å². The third-order valence-corrected chi connectivity index (χ3v) is 7.73. The zero-order valence-electron chi connectivity index (χ0n) is 27.1. The Morgan fingerprint density at radius 2 is 1.58 bits per heavy atom. The van der Waals surface area contributed by atoms with E-state index in [1.54, 1.807) is 55.5 Å². The lowest BCUT2D eigenvalue weighted by molar-refractivity contribution is -0.141. The minimum absolute atomic E-state index is 0.0260. The topological polar surface area (TPSA) is 140 Å². The summed E-state index contributed by atoms with van der Waals surface area (Å²) in [6, 6.07) is 19.1. The highest BCUT2D eigenvalue weighted by molar-refractivity contribution is 6.12. The van der Waals surface area contributed by atoms with Crippen LogP contribution in [0, 0.1) is 0 Å². The molecule has 50 heavy (non-hydrogen) atoms. The molecule has 0 atom stereocenters. The van der Waals surface area contributed by atoms with Gasteiger partial charge in [-0.05, 0) is 61.4 Å². The number of carbonyl (C=O) groups excluding carboxylic acids is 3. The predicted octanol–water partition coefficient (Wildman–Crippen LogP) is 6.43. The Hall–Kier alpha value is -6.18. The van der Waals surface area contributed by atoms with E-state index in [9.17, 15) is 32.3 Å². The SMILES string of the molecule is CCN(CCc1ccc(NC(=O)c2cc(OC)c(OC)cc2NC(=O)c2cc(=O)c3ccccc3o2)cc1)C(=O)c1ccc(C(F)(F)F)nc1. The summed E-state index contributed by atoms with van der Waals surface area (Å²) >= 11 is 0. The second kappa shape index (κ2) is 14.9. The third kappa shape index (κ3) is 7.92. The van der Waals surface area contributed by atoms with Crippen molar-refractivity contribution in [2.75, 3.05) is 37.9 Å². The first-order chi connectivity index (χ1) is 23.9. The van der Waals surface area contributed by atoms with Gasteiger partial charge in [-0.1, -0.05) is 24.3 Å². The number of hydrogen-bond donors (Lipinski definition) is 2. The minimum Gasteiger partial charge on any atom is -0.493 e. The van der Waals surface area contributed by atoms with Gasteiger partial charge >= 0.3 is 6.18 Å². The number of aromatic nitrogens is 1. The largest absolute Gasteiger partial charge is 0.493 e. The number of methoxy groups -OCH3 is 2. The van der Waals surface area contributed by atoms with Gasteiger partial charge in [-0.3, -0.25) is 24.2 Å². The number of amides is 3. The van der Waals surface area contributed by atoms with Gasteiger partial charge < -0.3 is 29.4 Å². The number of para-hydroxylation sites is 1. The highest BCUT2D eigenvalue weighted by Crippen LogP contribution is 2.34. The molecule has 0 unspecified atom stereocenters. The molecule has 0 aliphatic rings. The lowest BCUT2D eigenvalue weighted by Crippen LogP contribution is -2.33. The second-order valence-electron chi connectivity index (χ2n) is 10.9. The number of nitrogens with one attached hydrogen (secondary N) is 2. The maximum Gasteiger partial charge on any atom is 0.433 e. The van der Waals surface area contributed by atoms with Crippen molar-refractivity contribution in [3.8, 4) is 11.5 Å². The van der Waals surface area contributed by atoms with E-state index in [2.05, 4.69) is 15.6 Å². The summed E-state index contributed by atoms with van der Waals surface area (Å²) in [5, 5.41) is 5.72. The van der Waals surface area contributed by atoms with Crippen LogP contribution in [0.2, 0.25) is 0 Å². The van der Waals surface area contributed by atoms with Crippen molar-refractivity contribution in [1.29, 1.82) is 0 Å². The fourth-order valence-electron chi connectivity index (χ4n) is 5.06. The van der Waals surface area contributed by atoms with Crippen LogP contribution in [-0.2, 0) is 12.6 Å². The number of ether oxygens (including phenoxy) is 2. The number of nitrogens with zero attached hydrogens (tertiary/aromatic N) is 2. The molecule has 3 aromatic carbocycles. The summed E-state index contributed by atoms with van der Waals surface area (Å²) in [4.78, 5) is 57.1. The smallest absolute Gasteiger partial charge is 0.433 e. The van der Waals surface area contributed by atoms with Gasteiger partial charge in [-0.15, -0.1) is 0 Å². The highest BCUT2D eigenvalue weighted by atomic mass is 19.4. The van der Waals surface area contributed by atoms with E-state index in [0.717, 1.165) is 30.0 Å². The Morgan fingerprint density at radius 3 is 2.22 bits per heavy atom. The number of hydrogen-bond acceptors (Lipinski definition) is 8. The van der Waals surface area contributed by atoms with Gasteiger partial charge in [-0.25, -0.2) is 0 Å². The summed E-state index contributed by atoms with van der Waals surface area (Å²) in [5.41, 5.74) is 0.128. The van der Waals surface area contributed by atoms with Crippen LogP contribution in [0.1, 0.15) is 49.5 Å². The van der Waals surface area contributed by atoms with E-state index in [1.807, 2.05) is 0 Å². The molecule has 2 aromatic heterocycles. The molecule has 258 valence electrons. The first-order valence-corrected chi connectivity index (χ1v) is 15.2. The molecule has 14 heteroatoms. The number of anilines is 2. The summed E-state index contributed by atoms with van der Waals surface area (Å²) in [6.45, 7) is 2.37. The average molecular weight is 689 g/mol. The molecular formula is C36H31F3N4O7. The number of carbonyl (C=O) groups is 3. The van der Waals surface area contributed by atoms with Crippen LogP contribution in [0.5, 0.6) is 11.5 Å². The van der Waals surface area contributed by atoms with Gasteiger partial charge in [0.05, 0.1) is 36.4 Å². The molecule has 2 N–H and O–H groups in total. The van der Waals surface area contributed by atoms with E-state index in [4.69, 9.17) is 13.9 Å². The molecule has 0 saturated carbocycles. The molecule has 0 aliphatic carbocycles. The van der Waals surface area contributed by atoms with E-state index < -0.39 is 35.0 Å². The number of halogens is 3. The van der Waals surface area contributed by atoms with Crippen molar-refractivity contribution in [2.24, 2.45) is 0 Å². The molecule has 0 fully saturated rings. The lowest BCUT2D eigenvalue weighted by atomic mass is 10.1. The molecule has 11 nitrogen and oxygen atoms in total. The normalized spacial score (nSPS) is 11.2. The quantitative estimate of drug-likeness (QED) is 0.162.